The number of piperidine rings is 1. The second-order valence-corrected chi connectivity index (χ2v) is 5.14. The Labute approximate surface area is 116 Å². The number of aromatic nitrogens is 4. The molecule has 0 bridgehead atoms. The van der Waals surface area contributed by atoms with Gasteiger partial charge in [0.25, 0.3) is 5.91 Å². The van der Waals surface area contributed by atoms with Gasteiger partial charge in [-0.2, -0.15) is 10.1 Å². The number of carbonyl (C=O) groups excluding carboxylic acids is 1. The summed E-state index contributed by atoms with van der Waals surface area (Å²) in [6.07, 6.45) is 5.09. The number of hydrogen-bond donors (Lipinski definition) is 0. The first-order valence-electron chi connectivity index (χ1n) is 6.71. The first kappa shape index (κ1) is 12.8. The van der Waals surface area contributed by atoms with Crippen molar-refractivity contribution < 1.29 is 9.32 Å². The highest BCUT2D eigenvalue weighted by Gasteiger charge is 2.27. The standard InChI is InChI=1S/C13H17N5O2/c1-9-15-12(16-20-9)10-3-5-18(6-4-10)13(19)11-7-14-17(2)8-11/h7-8,10H,3-6H2,1-2H3. The zero-order valence-electron chi connectivity index (χ0n) is 11.6. The molecule has 0 N–H and O–H groups in total. The molecule has 3 rings (SSSR count). The van der Waals surface area contributed by atoms with Gasteiger partial charge in [0, 0.05) is 39.2 Å². The molecular formula is C13H17N5O2. The van der Waals surface area contributed by atoms with Crippen molar-refractivity contribution in [3.05, 3.63) is 29.7 Å². The highest BCUT2D eigenvalue weighted by Crippen LogP contribution is 2.26. The van der Waals surface area contributed by atoms with E-state index in [9.17, 15) is 4.79 Å². The molecule has 1 amide bonds. The van der Waals surface area contributed by atoms with Gasteiger partial charge in [-0.3, -0.25) is 9.48 Å². The molecule has 106 valence electrons. The van der Waals surface area contributed by atoms with Crippen LogP contribution in [-0.2, 0) is 7.05 Å². The summed E-state index contributed by atoms with van der Waals surface area (Å²) in [4.78, 5) is 18.4. The van der Waals surface area contributed by atoms with E-state index in [1.165, 1.54) is 0 Å². The van der Waals surface area contributed by atoms with Gasteiger partial charge in [-0.15, -0.1) is 0 Å². The lowest BCUT2D eigenvalue weighted by molar-refractivity contribution is 0.0710. The third kappa shape index (κ3) is 2.43. The zero-order valence-corrected chi connectivity index (χ0v) is 11.6. The van der Waals surface area contributed by atoms with Crippen LogP contribution in [0.5, 0.6) is 0 Å². The Hall–Kier alpha value is -2.18. The number of rotatable bonds is 2. The summed E-state index contributed by atoms with van der Waals surface area (Å²) >= 11 is 0. The van der Waals surface area contributed by atoms with E-state index < -0.39 is 0 Å². The van der Waals surface area contributed by atoms with Crippen LogP contribution in [0.2, 0.25) is 0 Å². The van der Waals surface area contributed by atoms with Gasteiger partial charge in [-0.05, 0) is 12.8 Å². The molecule has 3 heterocycles. The molecule has 0 saturated carbocycles. The fourth-order valence-corrected chi connectivity index (χ4v) is 2.54. The average molecular weight is 275 g/mol. The normalized spacial score (nSPS) is 16.6. The maximum Gasteiger partial charge on any atom is 0.257 e. The Morgan fingerprint density at radius 1 is 1.40 bits per heavy atom. The topological polar surface area (TPSA) is 77.1 Å². The summed E-state index contributed by atoms with van der Waals surface area (Å²) in [5, 5.41) is 8.00. The quantitative estimate of drug-likeness (QED) is 0.821. The first-order chi connectivity index (χ1) is 9.63. The van der Waals surface area contributed by atoms with Crippen LogP contribution in [0.25, 0.3) is 0 Å². The average Bonchev–Trinajstić information content (AvgIpc) is 3.07. The number of likely N-dealkylation sites (tertiary alicyclic amines) is 1. The van der Waals surface area contributed by atoms with E-state index in [0.717, 1.165) is 18.7 Å². The highest BCUT2D eigenvalue weighted by molar-refractivity contribution is 5.93. The monoisotopic (exact) mass is 275 g/mol. The molecule has 20 heavy (non-hydrogen) atoms. The largest absolute Gasteiger partial charge is 0.340 e. The molecule has 0 unspecified atom stereocenters. The van der Waals surface area contributed by atoms with Gasteiger partial charge in [0.05, 0.1) is 11.8 Å². The lowest BCUT2D eigenvalue weighted by Crippen LogP contribution is -2.38. The van der Waals surface area contributed by atoms with Crippen LogP contribution in [0, 0.1) is 6.92 Å². The number of aryl methyl sites for hydroxylation is 2. The van der Waals surface area contributed by atoms with E-state index in [0.29, 0.717) is 24.5 Å². The molecule has 0 aromatic carbocycles. The molecule has 2 aromatic rings. The Kier molecular flexibility index (Phi) is 3.25. The first-order valence-corrected chi connectivity index (χ1v) is 6.71. The molecule has 0 atom stereocenters. The summed E-state index contributed by atoms with van der Waals surface area (Å²) in [6.45, 7) is 3.22. The summed E-state index contributed by atoms with van der Waals surface area (Å²) in [6, 6.07) is 0. The van der Waals surface area contributed by atoms with Gasteiger partial charge in [-0.1, -0.05) is 5.16 Å². The Morgan fingerprint density at radius 2 is 2.15 bits per heavy atom. The molecule has 0 spiro atoms. The molecule has 7 nitrogen and oxygen atoms in total. The van der Waals surface area contributed by atoms with E-state index in [2.05, 4.69) is 15.2 Å². The second kappa shape index (κ2) is 5.07. The minimum Gasteiger partial charge on any atom is -0.340 e. The van der Waals surface area contributed by atoms with Crippen molar-refractivity contribution in [2.75, 3.05) is 13.1 Å². The van der Waals surface area contributed by atoms with Crippen LogP contribution in [0.3, 0.4) is 0 Å². The zero-order chi connectivity index (χ0) is 14.1. The van der Waals surface area contributed by atoms with Crippen LogP contribution in [-0.4, -0.2) is 43.8 Å². The predicted molar refractivity (Wildman–Crippen MR) is 70.1 cm³/mol. The van der Waals surface area contributed by atoms with E-state index in [4.69, 9.17) is 4.52 Å². The summed E-state index contributed by atoms with van der Waals surface area (Å²) in [5.74, 6) is 1.68. The maximum atomic E-state index is 12.3. The van der Waals surface area contributed by atoms with Crippen molar-refractivity contribution in [1.29, 1.82) is 0 Å². The van der Waals surface area contributed by atoms with E-state index in [1.807, 2.05) is 11.9 Å². The molecule has 0 aliphatic carbocycles. The van der Waals surface area contributed by atoms with Gasteiger partial charge in [-0.25, -0.2) is 0 Å². The smallest absolute Gasteiger partial charge is 0.257 e. The second-order valence-electron chi connectivity index (χ2n) is 5.14. The molecule has 2 aromatic heterocycles. The fourth-order valence-electron chi connectivity index (χ4n) is 2.54. The van der Waals surface area contributed by atoms with Crippen LogP contribution >= 0.6 is 0 Å². The van der Waals surface area contributed by atoms with Crippen LogP contribution in [0.15, 0.2) is 16.9 Å². The Morgan fingerprint density at radius 3 is 2.70 bits per heavy atom. The Balaban J connectivity index is 1.62. The van der Waals surface area contributed by atoms with Crippen molar-refractivity contribution in [2.24, 2.45) is 7.05 Å². The predicted octanol–water partition coefficient (Wildman–Crippen LogP) is 1.13. The minimum absolute atomic E-state index is 0.0424. The van der Waals surface area contributed by atoms with Crippen molar-refractivity contribution in [1.82, 2.24) is 24.8 Å². The van der Waals surface area contributed by atoms with Crippen molar-refractivity contribution in [3.63, 3.8) is 0 Å². The number of hydrogen-bond acceptors (Lipinski definition) is 5. The van der Waals surface area contributed by atoms with Gasteiger partial charge in [0.1, 0.15) is 0 Å². The van der Waals surface area contributed by atoms with Crippen molar-refractivity contribution in [2.45, 2.75) is 25.7 Å². The lowest BCUT2D eigenvalue weighted by Gasteiger charge is -2.30. The number of nitrogens with zero attached hydrogens (tertiary/aromatic N) is 5. The SMILES string of the molecule is Cc1nc(C2CCN(C(=O)c3cnn(C)c3)CC2)no1. The number of amides is 1. The third-order valence-electron chi connectivity index (χ3n) is 3.64. The third-order valence-corrected chi connectivity index (χ3v) is 3.64. The van der Waals surface area contributed by atoms with E-state index in [-0.39, 0.29) is 11.8 Å². The van der Waals surface area contributed by atoms with Crippen LogP contribution in [0.1, 0.15) is 40.8 Å². The van der Waals surface area contributed by atoms with Crippen LogP contribution in [0.4, 0.5) is 0 Å². The van der Waals surface area contributed by atoms with Gasteiger partial charge >= 0.3 is 0 Å². The Bertz CT molecular complexity index is 610. The molecule has 1 saturated heterocycles. The van der Waals surface area contributed by atoms with Gasteiger partial charge < -0.3 is 9.42 Å². The molecule has 1 aliphatic heterocycles. The van der Waals surface area contributed by atoms with Crippen molar-refractivity contribution >= 4 is 5.91 Å². The molecule has 7 heteroatoms. The van der Waals surface area contributed by atoms with Crippen LogP contribution < -0.4 is 0 Å². The number of carbonyl (C=O) groups is 1. The summed E-state index contributed by atoms with van der Waals surface area (Å²) in [5.41, 5.74) is 0.640. The fraction of sp³-hybridized carbons (Fsp3) is 0.538. The molecule has 1 fully saturated rings. The minimum atomic E-state index is 0.0424. The summed E-state index contributed by atoms with van der Waals surface area (Å²) in [7, 11) is 1.81. The molecule has 1 aliphatic rings. The van der Waals surface area contributed by atoms with E-state index >= 15 is 0 Å². The highest BCUT2D eigenvalue weighted by atomic mass is 16.5. The maximum absolute atomic E-state index is 12.3. The summed E-state index contributed by atoms with van der Waals surface area (Å²) < 4.78 is 6.65. The lowest BCUT2D eigenvalue weighted by atomic mass is 9.96. The van der Waals surface area contributed by atoms with Gasteiger partial charge in [0.15, 0.2) is 5.82 Å². The van der Waals surface area contributed by atoms with Gasteiger partial charge in [0.2, 0.25) is 5.89 Å². The van der Waals surface area contributed by atoms with E-state index in [1.54, 1.807) is 24.0 Å². The molecular weight excluding hydrogens is 258 g/mol. The molecule has 0 radical (unpaired) electrons. The van der Waals surface area contributed by atoms with Crippen molar-refractivity contribution in [3.8, 4) is 0 Å².